The lowest BCUT2D eigenvalue weighted by Crippen LogP contribution is -2.21. The van der Waals surface area contributed by atoms with Crippen LogP contribution in [-0.4, -0.2) is 12.5 Å². The molecule has 13 heavy (non-hydrogen) atoms. The number of hydrogen-bond acceptors (Lipinski definition) is 2. The quantitative estimate of drug-likeness (QED) is 0.831. The van der Waals surface area contributed by atoms with Crippen molar-refractivity contribution in [3.63, 3.8) is 0 Å². The van der Waals surface area contributed by atoms with E-state index in [1.165, 1.54) is 12.1 Å². The molecule has 1 rings (SSSR count). The average molecular weight is 247 g/mol. The summed E-state index contributed by atoms with van der Waals surface area (Å²) < 4.78 is 13.3. The molecule has 0 spiro atoms. The van der Waals surface area contributed by atoms with E-state index in [-0.39, 0.29) is 12.5 Å². The first-order chi connectivity index (χ1) is 6.13. The molecule has 0 aliphatic carbocycles. The molecule has 0 bridgehead atoms. The number of hydrogen-bond donors (Lipinski definition) is 2. The van der Waals surface area contributed by atoms with Gasteiger partial charge in [-0.2, -0.15) is 0 Å². The Morgan fingerprint density at radius 3 is 2.85 bits per heavy atom. The highest BCUT2D eigenvalue weighted by atomic mass is 79.9. The highest BCUT2D eigenvalue weighted by molar-refractivity contribution is 9.10. The maximum absolute atomic E-state index is 12.9. The van der Waals surface area contributed by atoms with Crippen LogP contribution in [0.5, 0.6) is 0 Å². The second-order valence-electron chi connectivity index (χ2n) is 2.38. The number of nitrogens with one attached hydrogen (secondary N) is 1. The summed E-state index contributed by atoms with van der Waals surface area (Å²) in [5.41, 5.74) is 5.47. The van der Waals surface area contributed by atoms with Crippen LogP contribution in [0.25, 0.3) is 0 Å². The fourth-order valence-electron chi connectivity index (χ4n) is 0.786. The number of rotatable bonds is 2. The van der Waals surface area contributed by atoms with Crippen molar-refractivity contribution in [3.05, 3.63) is 28.5 Å². The first-order valence-electron chi connectivity index (χ1n) is 3.58. The van der Waals surface area contributed by atoms with Crippen molar-refractivity contribution in [2.45, 2.75) is 0 Å². The van der Waals surface area contributed by atoms with E-state index in [1.54, 1.807) is 6.07 Å². The van der Waals surface area contributed by atoms with Crippen LogP contribution in [0.4, 0.5) is 10.1 Å². The number of benzene rings is 1. The summed E-state index contributed by atoms with van der Waals surface area (Å²) in [6.07, 6.45) is 0. The number of carbonyl (C=O) groups is 1. The van der Waals surface area contributed by atoms with Crippen LogP contribution in [0, 0.1) is 5.82 Å². The molecule has 1 aromatic carbocycles. The lowest BCUT2D eigenvalue weighted by molar-refractivity contribution is -0.114. The summed E-state index contributed by atoms with van der Waals surface area (Å²) in [7, 11) is 0. The van der Waals surface area contributed by atoms with Crippen LogP contribution in [0.15, 0.2) is 22.7 Å². The van der Waals surface area contributed by atoms with Crippen molar-refractivity contribution in [2.75, 3.05) is 11.9 Å². The Kier molecular flexibility index (Phi) is 3.39. The zero-order chi connectivity index (χ0) is 9.84. The third kappa shape index (κ3) is 2.78. The van der Waals surface area contributed by atoms with E-state index in [0.717, 1.165) is 0 Å². The van der Waals surface area contributed by atoms with Gasteiger partial charge in [0.05, 0.1) is 11.0 Å². The molecule has 0 saturated heterocycles. The average Bonchev–Trinajstić information content (AvgIpc) is 2.11. The molecule has 0 unspecified atom stereocenters. The molecule has 0 atom stereocenters. The number of carbonyl (C=O) groups excluding carboxylic acids is 1. The summed E-state index contributed by atoms with van der Waals surface area (Å²) in [5.74, 6) is -0.767. The van der Waals surface area contributed by atoms with Gasteiger partial charge < -0.3 is 11.1 Å². The Bertz CT molecular complexity index is 330. The molecule has 3 N–H and O–H groups in total. The molecule has 0 aliphatic rings. The second kappa shape index (κ2) is 4.34. The van der Waals surface area contributed by atoms with Crippen molar-refractivity contribution >= 4 is 27.5 Å². The van der Waals surface area contributed by atoms with E-state index in [4.69, 9.17) is 5.73 Å². The van der Waals surface area contributed by atoms with Gasteiger partial charge in [0.25, 0.3) is 0 Å². The van der Waals surface area contributed by atoms with Crippen LogP contribution in [-0.2, 0) is 4.79 Å². The summed E-state index contributed by atoms with van der Waals surface area (Å²) in [5, 5.41) is 2.43. The molecular weight excluding hydrogens is 239 g/mol. The highest BCUT2D eigenvalue weighted by Gasteiger charge is 2.02. The topological polar surface area (TPSA) is 55.1 Å². The van der Waals surface area contributed by atoms with Crippen LogP contribution >= 0.6 is 15.9 Å². The number of anilines is 1. The van der Waals surface area contributed by atoms with E-state index in [2.05, 4.69) is 21.2 Å². The number of nitrogens with two attached hydrogens (primary N) is 1. The maximum atomic E-state index is 12.9. The van der Waals surface area contributed by atoms with Gasteiger partial charge in [0.2, 0.25) is 5.91 Å². The summed E-state index contributed by atoms with van der Waals surface area (Å²) in [6.45, 7) is -0.113. The molecule has 0 heterocycles. The fourth-order valence-corrected chi connectivity index (χ4v) is 1.03. The first kappa shape index (κ1) is 10.1. The predicted octanol–water partition coefficient (Wildman–Crippen LogP) is 1.49. The maximum Gasteiger partial charge on any atom is 0.238 e. The summed E-state index contributed by atoms with van der Waals surface area (Å²) in [4.78, 5) is 10.8. The van der Waals surface area contributed by atoms with Crippen LogP contribution in [0.3, 0.4) is 0 Å². The SMILES string of the molecule is NCC(=O)Nc1ccc(Br)c(F)c1. The Morgan fingerprint density at radius 1 is 1.62 bits per heavy atom. The van der Waals surface area contributed by atoms with Gasteiger partial charge in [-0.3, -0.25) is 4.79 Å². The molecule has 0 fully saturated rings. The smallest absolute Gasteiger partial charge is 0.238 e. The van der Waals surface area contributed by atoms with E-state index in [1.807, 2.05) is 0 Å². The van der Waals surface area contributed by atoms with E-state index in [9.17, 15) is 9.18 Å². The largest absolute Gasteiger partial charge is 0.325 e. The highest BCUT2D eigenvalue weighted by Crippen LogP contribution is 2.18. The second-order valence-corrected chi connectivity index (χ2v) is 3.24. The minimum atomic E-state index is -0.421. The molecule has 0 aromatic heterocycles. The predicted molar refractivity (Wildman–Crippen MR) is 51.8 cm³/mol. The lowest BCUT2D eigenvalue weighted by atomic mass is 10.3. The molecule has 0 radical (unpaired) electrons. The Morgan fingerprint density at radius 2 is 2.31 bits per heavy atom. The van der Waals surface area contributed by atoms with Crippen molar-refractivity contribution in [1.82, 2.24) is 0 Å². The Labute approximate surface area is 83.2 Å². The monoisotopic (exact) mass is 246 g/mol. The number of halogens is 2. The third-order valence-corrected chi connectivity index (χ3v) is 2.03. The summed E-state index contributed by atoms with van der Waals surface area (Å²) in [6, 6.07) is 4.32. The number of amides is 1. The Hall–Kier alpha value is -0.940. The van der Waals surface area contributed by atoms with Gasteiger partial charge in [-0.05, 0) is 34.1 Å². The van der Waals surface area contributed by atoms with E-state index >= 15 is 0 Å². The van der Waals surface area contributed by atoms with Gasteiger partial charge in [0.15, 0.2) is 0 Å². The van der Waals surface area contributed by atoms with E-state index in [0.29, 0.717) is 10.2 Å². The standard InChI is InChI=1S/C8H8BrFN2O/c9-6-2-1-5(3-7(6)10)12-8(13)4-11/h1-3H,4,11H2,(H,12,13). The molecule has 0 saturated carbocycles. The third-order valence-electron chi connectivity index (χ3n) is 1.39. The van der Waals surface area contributed by atoms with Crippen molar-refractivity contribution < 1.29 is 9.18 Å². The van der Waals surface area contributed by atoms with Gasteiger partial charge in [-0.25, -0.2) is 4.39 Å². The van der Waals surface area contributed by atoms with Gasteiger partial charge in [-0.1, -0.05) is 0 Å². The molecule has 0 aliphatic heterocycles. The van der Waals surface area contributed by atoms with Crippen LogP contribution < -0.4 is 11.1 Å². The Balaban J connectivity index is 2.79. The summed E-state index contributed by atoms with van der Waals surface area (Å²) >= 11 is 3.00. The minimum absolute atomic E-state index is 0.113. The van der Waals surface area contributed by atoms with Crippen LogP contribution in [0.2, 0.25) is 0 Å². The van der Waals surface area contributed by atoms with Crippen molar-refractivity contribution in [1.29, 1.82) is 0 Å². The molecular formula is C8H8BrFN2O. The van der Waals surface area contributed by atoms with Gasteiger partial charge >= 0.3 is 0 Å². The van der Waals surface area contributed by atoms with Crippen LogP contribution in [0.1, 0.15) is 0 Å². The zero-order valence-electron chi connectivity index (χ0n) is 6.68. The van der Waals surface area contributed by atoms with Gasteiger partial charge in [0.1, 0.15) is 5.82 Å². The normalized spacial score (nSPS) is 9.77. The lowest BCUT2D eigenvalue weighted by Gasteiger charge is -2.03. The first-order valence-corrected chi connectivity index (χ1v) is 4.37. The molecule has 70 valence electrons. The fraction of sp³-hybridized carbons (Fsp3) is 0.125. The molecule has 1 aromatic rings. The molecule has 5 heteroatoms. The molecule has 3 nitrogen and oxygen atoms in total. The minimum Gasteiger partial charge on any atom is -0.325 e. The van der Waals surface area contributed by atoms with E-state index < -0.39 is 5.82 Å². The molecule has 1 amide bonds. The van der Waals surface area contributed by atoms with Crippen molar-refractivity contribution in [2.24, 2.45) is 5.73 Å². The van der Waals surface area contributed by atoms with Crippen molar-refractivity contribution in [3.8, 4) is 0 Å². The van der Waals surface area contributed by atoms with Gasteiger partial charge in [0, 0.05) is 5.69 Å². The van der Waals surface area contributed by atoms with Gasteiger partial charge in [-0.15, -0.1) is 0 Å². The zero-order valence-corrected chi connectivity index (χ0v) is 8.27.